The fourth-order valence-corrected chi connectivity index (χ4v) is 9.51. The van der Waals surface area contributed by atoms with Crippen molar-refractivity contribution in [1.29, 1.82) is 0 Å². The first kappa shape index (κ1) is 35.2. The number of furan rings is 1. The molecule has 4 heterocycles. The van der Waals surface area contributed by atoms with Gasteiger partial charge in [-0.05, 0) is 65.7 Å². The van der Waals surface area contributed by atoms with Gasteiger partial charge in [-0.3, -0.25) is 0 Å². The first-order chi connectivity index (χ1) is 31.2. The largest absolute Gasteiger partial charge is 0.454 e. The fourth-order valence-electron chi connectivity index (χ4n) is 9.51. The number of aromatic nitrogens is 5. The average molecular weight is 806 g/mol. The Balaban J connectivity index is 1.06. The van der Waals surface area contributed by atoms with Crippen molar-refractivity contribution in [3.8, 4) is 56.7 Å². The molecule has 6 heteroatoms. The number of nitrogens with zero attached hydrogens (tertiary/aromatic N) is 5. The Bertz CT molecular complexity index is 3830. The minimum atomic E-state index is 0.611. The maximum Gasteiger partial charge on any atom is 0.164 e. The molecule has 63 heavy (non-hydrogen) atoms. The van der Waals surface area contributed by atoms with Crippen LogP contribution in [-0.2, 0) is 0 Å². The van der Waals surface area contributed by atoms with Crippen LogP contribution in [0.1, 0.15) is 0 Å². The summed E-state index contributed by atoms with van der Waals surface area (Å²) >= 11 is 0. The van der Waals surface area contributed by atoms with Gasteiger partial charge < -0.3 is 13.6 Å². The Labute approximate surface area is 361 Å². The monoisotopic (exact) mass is 805 g/mol. The third-order valence-electron chi connectivity index (χ3n) is 12.4. The number of benzene rings is 9. The zero-order valence-electron chi connectivity index (χ0n) is 33.9. The summed E-state index contributed by atoms with van der Waals surface area (Å²) in [4.78, 5) is 15.1. The molecule has 0 atom stereocenters. The van der Waals surface area contributed by atoms with Crippen LogP contribution < -0.4 is 0 Å². The van der Waals surface area contributed by atoms with Gasteiger partial charge in [0.1, 0.15) is 5.58 Å². The lowest BCUT2D eigenvalue weighted by Gasteiger charge is -2.11. The van der Waals surface area contributed by atoms with Crippen LogP contribution >= 0.6 is 0 Å². The summed E-state index contributed by atoms with van der Waals surface area (Å²) in [5.74, 6) is 1.87. The summed E-state index contributed by atoms with van der Waals surface area (Å²) in [6, 6.07) is 74.3. The predicted molar refractivity (Wildman–Crippen MR) is 258 cm³/mol. The van der Waals surface area contributed by atoms with Crippen LogP contribution in [0.5, 0.6) is 0 Å². The number of fused-ring (bicyclic) bond motifs is 10. The molecule has 13 aromatic rings. The third kappa shape index (κ3) is 5.55. The van der Waals surface area contributed by atoms with E-state index in [4.69, 9.17) is 19.4 Å². The summed E-state index contributed by atoms with van der Waals surface area (Å²) in [7, 11) is 0. The molecule has 0 spiro atoms. The molecular formula is C57H35N5O. The highest BCUT2D eigenvalue weighted by Gasteiger charge is 2.23. The summed E-state index contributed by atoms with van der Waals surface area (Å²) in [6.45, 7) is 0. The van der Waals surface area contributed by atoms with E-state index in [-0.39, 0.29) is 0 Å². The first-order valence-electron chi connectivity index (χ1n) is 21.2. The molecule has 9 aromatic carbocycles. The molecule has 0 amide bonds. The second-order valence-electron chi connectivity index (χ2n) is 16.0. The standard InChI is InChI=1S/C57H35N5O/c1-5-16-36(17-6-1)39-29-32-48-46(34-39)42-24-13-14-26-47(42)62(48)49-27-15-25-45-52-51(63-54(45)49)33-31-44-43-30-28-40(35-50(43)61(53(44)52)41-22-11-4-12-23-41)57-59-55(37-18-7-2-8-19-37)58-56(60-57)38-20-9-3-10-21-38/h1-35H. The maximum atomic E-state index is 7.04. The van der Waals surface area contributed by atoms with E-state index in [1.807, 2.05) is 60.7 Å². The van der Waals surface area contributed by atoms with Gasteiger partial charge in [-0.25, -0.2) is 15.0 Å². The summed E-state index contributed by atoms with van der Waals surface area (Å²) in [6.07, 6.45) is 0. The van der Waals surface area contributed by atoms with Crippen molar-refractivity contribution in [3.63, 3.8) is 0 Å². The van der Waals surface area contributed by atoms with Gasteiger partial charge in [0.05, 0.1) is 33.1 Å². The quantitative estimate of drug-likeness (QED) is 0.168. The number of hydrogen-bond acceptors (Lipinski definition) is 4. The predicted octanol–water partition coefficient (Wildman–Crippen LogP) is 14.6. The normalized spacial score (nSPS) is 11.8. The second-order valence-corrected chi connectivity index (χ2v) is 16.0. The van der Waals surface area contributed by atoms with Crippen molar-refractivity contribution in [3.05, 3.63) is 212 Å². The molecule has 0 saturated carbocycles. The Morgan fingerprint density at radius 3 is 1.60 bits per heavy atom. The first-order valence-corrected chi connectivity index (χ1v) is 21.2. The highest BCUT2D eigenvalue weighted by molar-refractivity contribution is 6.25. The zero-order chi connectivity index (χ0) is 41.4. The lowest BCUT2D eigenvalue weighted by molar-refractivity contribution is 0.666. The molecule has 0 aliphatic heterocycles. The lowest BCUT2D eigenvalue weighted by atomic mass is 10.0. The van der Waals surface area contributed by atoms with Crippen molar-refractivity contribution in [2.24, 2.45) is 0 Å². The van der Waals surface area contributed by atoms with Crippen LogP contribution in [-0.4, -0.2) is 24.1 Å². The van der Waals surface area contributed by atoms with Crippen molar-refractivity contribution >= 4 is 65.6 Å². The molecule has 13 rings (SSSR count). The number of hydrogen-bond donors (Lipinski definition) is 0. The van der Waals surface area contributed by atoms with Gasteiger partial charge in [-0.1, -0.05) is 158 Å². The molecule has 0 aliphatic rings. The molecule has 0 radical (unpaired) electrons. The molecular weight excluding hydrogens is 771 g/mol. The van der Waals surface area contributed by atoms with Crippen LogP contribution in [0.4, 0.5) is 0 Å². The van der Waals surface area contributed by atoms with Gasteiger partial charge in [-0.15, -0.1) is 0 Å². The molecule has 294 valence electrons. The molecule has 4 aromatic heterocycles. The SMILES string of the molecule is c1ccc(-c2ccc3c(c2)c2ccccc2n3-c2cccc3c2oc2ccc4c5ccc(-c6nc(-c7ccccc7)nc(-c7ccccc7)n6)cc5n(-c5ccccc5)c4c23)cc1. The number of para-hydroxylation sites is 3. The van der Waals surface area contributed by atoms with Crippen LogP contribution in [0.2, 0.25) is 0 Å². The van der Waals surface area contributed by atoms with Crippen molar-refractivity contribution in [1.82, 2.24) is 24.1 Å². The zero-order valence-corrected chi connectivity index (χ0v) is 33.9. The Morgan fingerprint density at radius 1 is 0.333 bits per heavy atom. The van der Waals surface area contributed by atoms with Crippen molar-refractivity contribution in [2.45, 2.75) is 0 Å². The molecule has 0 N–H and O–H groups in total. The van der Waals surface area contributed by atoms with E-state index in [1.165, 1.54) is 21.9 Å². The molecule has 6 nitrogen and oxygen atoms in total. The highest BCUT2D eigenvalue weighted by Crippen LogP contribution is 2.44. The van der Waals surface area contributed by atoms with E-state index >= 15 is 0 Å². The van der Waals surface area contributed by atoms with Crippen LogP contribution in [0.25, 0.3) is 122 Å². The third-order valence-corrected chi connectivity index (χ3v) is 12.4. The van der Waals surface area contributed by atoms with Crippen LogP contribution in [0.15, 0.2) is 217 Å². The van der Waals surface area contributed by atoms with E-state index < -0.39 is 0 Å². The van der Waals surface area contributed by atoms with Gasteiger partial charge in [0.15, 0.2) is 23.1 Å². The topological polar surface area (TPSA) is 61.7 Å². The van der Waals surface area contributed by atoms with E-state index in [9.17, 15) is 0 Å². The molecule has 0 saturated heterocycles. The highest BCUT2D eigenvalue weighted by atomic mass is 16.3. The molecule has 0 bridgehead atoms. The van der Waals surface area contributed by atoms with Gasteiger partial charge in [-0.2, -0.15) is 0 Å². The molecule has 0 aliphatic carbocycles. The van der Waals surface area contributed by atoms with Gasteiger partial charge in [0, 0.05) is 49.3 Å². The Morgan fingerprint density at radius 2 is 0.889 bits per heavy atom. The Hall–Kier alpha value is -8.61. The fraction of sp³-hybridized carbons (Fsp3) is 0. The van der Waals surface area contributed by atoms with Gasteiger partial charge in [0.2, 0.25) is 0 Å². The van der Waals surface area contributed by atoms with E-state index in [1.54, 1.807) is 0 Å². The van der Waals surface area contributed by atoms with E-state index in [0.29, 0.717) is 17.5 Å². The van der Waals surface area contributed by atoms with Crippen molar-refractivity contribution < 1.29 is 4.42 Å². The molecule has 0 fully saturated rings. The average Bonchev–Trinajstić information content (AvgIpc) is 4.02. The smallest absolute Gasteiger partial charge is 0.164 e. The van der Waals surface area contributed by atoms with Gasteiger partial charge >= 0.3 is 0 Å². The summed E-state index contributed by atoms with van der Waals surface area (Å²) < 4.78 is 11.8. The van der Waals surface area contributed by atoms with Crippen LogP contribution in [0, 0.1) is 0 Å². The summed E-state index contributed by atoms with van der Waals surface area (Å²) in [5.41, 5.74) is 13.3. The number of rotatable bonds is 6. The maximum absolute atomic E-state index is 7.04. The summed E-state index contributed by atoms with van der Waals surface area (Å²) in [5, 5.41) is 6.78. The lowest BCUT2D eigenvalue weighted by Crippen LogP contribution is -2.00. The van der Waals surface area contributed by atoms with Gasteiger partial charge in [0.25, 0.3) is 0 Å². The Kier molecular flexibility index (Phi) is 7.80. The van der Waals surface area contributed by atoms with E-state index in [0.717, 1.165) is 82.8 Å². The van der Waals surface area contributed by atoms with E-state index in [2.05, 4.69) is 161 Å². The minimum Gasteiger partial charge on any atom is -0.454 e. The molecule has 0 unspecified atom stereocenters. The second kappa shape index (κ2) is 14.0. The van der Waals surface area contributed by atoms with Crippen LogP contribution in [0.3, 0.4) is 0 Å². The van der Waals surface area contributed by atoms with Crippen molar-refractivity contribution in [2.75, 3.05) is 0 Å². The minimum absolute atomic E-state index is 0.611.